The van der Waals surface area contributed by atoms with E-state index in [4.69, 9.17) is 0 Å². The van der Waals surface area contributed by atoms with Gasteiger partial charge in [-0.2, -0.15) is 0 Å². The van der Waals surface area contributed by atoms with Crippen molar-refractivity contribution in [2.75, 3.05) is 17.2 Å². The molecule has 0 bridgehead atoms. The number of carbonyl (C=O) groups is 3. The normalized spacial score (nSPS) is 17.0. The number of aromatic nitrogens is 4. The number of Topliss-reactive ketones (excluding diaryl/α,β-unsaturated/α-hetero) is 1. The van der Waals surface area contributed by atoms with Gasteiger partial charge in [0.1, 0.15) is 35.5 Å². The quantitative estimate of drug-likeness (QED) is 0.249. The molecular formula is C26H23BrFN7O3. The maximum atomic E-state index is 14.4. The maximum absolute atomic E-state index is 14.4. The lowest BCUT2D eigenvalue weighted by Gasteiger charge is -2.24. The van der Waals surface area contributed by atoms with Crippen molar-refractivity contribution in [2.24, 2.45) is 0 Å². The van der Waals surface area contributed by atoms with Crippen LogP contribution < -0.4 is 10.6 Å². The summed E-state index contributed by atoms with van der Waals surface area (Å²) in [7, 11) is 0. The SMILES string of the molecule is CC(=O)c1cn(CC(=O)N2CC(F)CC2C(=O)Nc2cccc(Br)n2)c2ccc(Nc3cncnc3)cc12. The number of pyridine rings is 1. The van der Waals surface area contributed by atoms with Crippen LogP contribution in [0.25, 0.3) is 10.9 Å². The Bertz CT molecular complexity index is 1530. The monoisotopic (exact) mass is 579 g/mol. The van der Waals surface area contributed by atoms with Crippen molar-refractivity contribution in [1.82, 2.24) is 24.4 Å². The second-order valence-corrected chi connectivity index (χ2v) is 9.75. The number of rotatable bonds is 7. The van der Waals surface area contributed by atoms with Crippen molar-refractivity contribution in [3.05, 3.63) is 71.5 Å². The fourth-order valence-electron chi connectivity index (χ4n) is 4.55. The highest BCUT2D eigenvalue weighted by Crippen LogP contribution is 2.28. The molecule has 194 valence electrons. The average molecular weight is 580 g/mol. The first kappa shape index (κ1) is 25.5. The number of anilines is 3. The van der Waals surface area contributed by atoms with Crippen LogP contribution in [-0.4, -0.2) is 60.8 Å². The molecule has 4 aromatic rings. The number of nitrogens with zero attached hydrogens (tertiary/aromatic N) is 5. The molecule has 2 amide bonds. The largest absolute Gasteiger partial charge is 0.353 e. The van der Waals surface area contributed by atoms with Gasteiger partial charge in [0, 0.05) is 34.8 Å². The summed E-state index contributed by atoms with van der Waals surface area (Å²) in [5.74, 6) is -0.798. The number of amides is 2. The number of carbonyl (C=O) groups excluding carboxylic acids is 3. The summed E-state index contributed by atoms with van der Waals surface area (Å²) in [5, 5.41) is 6.51. The van der Waals surface area contributed by atoms with E-state index in [2.05, 4.69) is 41.5 Å². The number of benzene rings is 1. The van der Waals surface area contributed by atoms with Gasteiger partial charge in [-0.15, -0.1) is 0 Å². The van der Waals surface area contributed by atoms with Crippen LogP contribution in [0.2, 0.25) is 0 Å². The standard InChI is InChI=1S/C26H23BrFN7O3/c1-15(36)20-12-34(21-6-5-17(8-19(20)21)31-18-9-29-14-30-10-18)13-25(37)35-11-16(28)7-22(35)26(38)33-24-4-2-3-23(27)32-24/h2-6,8-10,12,14,16,22,31H,7,11,13H2,1H3,(H,32,33,38). The topological polar surface area (TPSA) is 122 Å². The number of halogens is 2. The van der Waals surface area contributed by atoms with E-state index in [0.29, 0.717) is 32.6 Å². The third-order valence-electron chi connectivity index (χ3n) is 6.25. The highest BCUT2D eigenvalue weighted by atomic mass is 79.9. The number of alkyl halides is 1. The van der Waals surface area contributed by atoms with Crippen molar-refractivity contribution >= 4 is 61.6 Å². The minimum absolute atomic E-state index is 0.102. The molecule has 0 saturated carbocycles. The molecule has 10 nitrogen and oxygen atoms in total. The van der Waals surface area contributed by atoms with E-state index in [0.717, 1.165) is 5.69 Å². The van der Waals surface area contributed by atoms with Gasteiger partial charge in [-0.1, -0.05) is 6.07 Å². The van der Waals surface area contributed by atoms with Gasteiger partial charge in [0.25, 0.3) is 0 Å². The van der Waals surface area contributed by atoms with Crippen molar-refractivity contribution in [3.63, 3.8) is 0 Å². The Morgan fingerprint density at radius 3 is 2.66 bits per heavy atom. The number of ketones is 1. The van der Waals surface area contributed by atoms with Gasteiger partial charge in [0.05, 0.1) is 24.6 Å². The summed E-state index contributed by atoms with van der Waals surface area (Å²) in [5.41, 5.74) is 2.51. The van der Waals surface area contributed by atoms with E-state index < -0.39 is 24.0 Å². The molecule has 5 rings (SSSR count). The number of hydrogen-bond acceptors (Lipinski definition) is 7. The molecule has 0 radical (unpaired) electrons. The molecule has 1 fully saturated rings. The van der Waals surface area contributed by atoms with E-state index >= 15 is 0 Å². The van der Waals surface area contributed by atoms with Gasteiger partial charge in [0.15, 0.2) is 5.78 Å². The lowest BCUT2D eigenvalue weighted by Crippen LogP contribution is -2.44. The first-order valence-electron chi connectivity index (χ1n) is 11.8. The van der Waals surface area contributed by atoms with Gasteiger partial charge in [-0.3, -0.25) is 14.4 Å². The first-order valence-corrected chi connectivity index (χ1v) is 12.6. The second kappa shape index (κ2) is 10.7. The Morgan fingerprint density at radius 2 is 1.92 bits per heavy atom. The first-order chi connectivity index (χ1) is 18.3. The molecule has 1 saturated heterocycles. The zero-order valence-electron chi connectivity index (χ0n) is 20.3. The Hall–Kier alpha value is -4.19. The van der Waals surface area contributed by atoms with Gasteiger partial charge >= 0.3 is 0 Å². The Labute approximate surface area is 225 Å². The molecule has 0 aliphatic carbocycles. The summed E-state index contributed by atoms with van der Waals surface area (Å²) < 4.78 is 16.6. The summed E-state index contributed by atoms with van der Waals surface area (Å²) in [6.07, 6.45) is 4.87. The fourth-order valence-corrected chi connectivity index (χ4v) is 4.89. The smallest absolute Gasteiger partial charge is 0.248 e. The van der Waals surface area contributed by atoms with Crippen molar-refractivity contribution < 1.29 is 18.8 Å². The van der Waals surface area contributed by atoms with Crippen LogP contribution in [0.1, 0.15) is 23.7 Å². The van der Waals surface area contributed by atoms with Gasteiger partial charge < -0.3 is 20.1 Å². The molecule has 38 heavy (non-hydrogen) atoms. The minimum atomic E-state index is -1.32. The van der Waals surface area contributed by atoms with Crippen LogP contribution in [0, 0.1) is 0 Å². The average Bonchev–Trinajstić information content (AvgIpc) is 3.45. The number of hydrogen-bond donors (Lipinski definition) is 2. The Kier molecular flexibility index (Phi) is 7.14. The van der Waals surface area contributed by atoms with Crippen molar-refractivity contribution in [1.29, 1.82) is 0 Å². The van der Waals surface area contributed by atoms with E-state index in [1.165, 1.54) is 18.2 Å². The molecule has 12 heteroatoms. The van der Waals surface area contributed by atoms with Crippen molar-refractivity contribution in [2.45, 2.75) is 32.1 Å². The molecule has 2 N–H and O–H groups in total. The molecule has 2 atom stereocenters. The van der Waals surface area contributed by atoms with E-state index in [9.17, 15) is 18.8 Å². The van der Waals surface area contributed by atoms with Crippen LogP contribution in [0.5, 0.6) is 0 Å². The summed E-state index contributed by atoms with van der Waals surface area (Å²) >= 11 is 3.25. The molecule has 1 aliphatic rings. The molecule has 2 unspecified atom stereocenters. The number of nitrogens with one attached hydrogen (secondary N) is 2. The maximum Gasteiger partial charge on any atom is 0.248 e. The predicted octanol–water partition coefficient (Wildman–Crippen LogP) is 4.11. The van der Waals surface area contributed by atoms with Crippen LogP contribution in [0.4, 0.5) is 21.6 Å². The van der Waals surface area contributed by atoms with E-state index in [-0.39, 0.29) is 25.3 Å². The molecule has 3 aromatic heterocycles. The summed E-state index contributed by atoms with van der Waals surface area (Å²) in [6, 6.07) is 9.48. The molecular weight excluding hydrogens is 557 g/mol. The number of likely N-dealkylation sites (tertiary alicyclic amines) is 1. The van der Waals surface area contributed by atoms with E-state index in [1.807, 2.05) is 12.1 Å². The lowest BCUT2D eigenvalue weighted by atomic mass is 10.1. The van der Waals surface area contributed by atoms with Gasteiger partial charge in [-0.05, 0) is 53.2 Å². The van der Waals surface area contributed by atoms with Crippen molar-refractivity contribution in [3.8, 4) is 0 Å². The molecule has 1 aromatic carbocycles. The lowest BCUT2D eigenvalue weighted by molar-refractivity contribution is -0.137. The number of fused-ring (bicyclic) bond motifs is 1. The van der Waals surface area contributed by atoms with Crippen LogP contribution in [-0.2, 0) is 16.1 Å². The van der Waals surface area contributed by atoms with Gasteiger partial charge in [0.2, 0.25) is 11.8 Å². The Balaban J connectivity index is 1.38. The van der Waals surface area contributed by atoms with Gasteiger partial charge in [-0.25, -0.2) is 19.3 Å². The van der Waals surface area contributed by atoms with Crippen LogP contribution >= 0.6 is 15.9 Å². The zero-order chi connectivity index (χ0) is 26.8. The molecule has 0 spiro atoms. The second-order valence-electron chi connectivity index (χ2n) is 8.94. The summed E-state index contributed by atoms with van der Waals surface area (Å²) in [4.78, 5) is 52.1. The Morgan fingerprint density at radius 1 is 1.13 bits per heavy atom. The predicted molar refractivity (Wildman–Crippen MR) is 143 cm³/mol. The zero-order valence-corrected chi connectivity index (χ0v) is 21.9. The fraction of sp³-hybridized carbons (Fsp3) is 0.231. The molecule has 4 heterocycles. The van der Waals surface area contributed by atoms with Crippen LogP contribution in [0.3, 0.4) is 0 Å². The molecule has 1 aliphatic heterocycles. The highest BCUT2D eigenvalue weighted by Gasteiger charge is 2.40. The highest BCUT2D eigenvalue weighted by molar-refractivity contribution is 9.10. The third kappa shape index (κ3) is 5.40. The third-order valence-corrected chi connectivity index (χ3v) is 6.70. The minimum Gasteiger partial charge on any atom is -0.353 e. The summed E-state index contributed by atoms with van der Waals surface area (Å²) in [6.45, 7) is 1.11. The van der Waals surface area contributed by atoms with Crippen LogP contribution in [0.15, 0.2) is 65.9 Å². The van der Waals surface area contributed by atoms with E-state index in [1.54, 1.807) is 47.4 Å².